The number of aliphatic carboxylic acids is 1. The number of hydrogen-bond acceptors (Lipinski definition) is 6. The summed E-state index contributed by atoms with van der Waals surface area (Å²) in [7, 11) is 0. The predicted octanol–water partition coefficient (Wildman–Crippen LogP) is -3.09. The van der Waals surface area contributed by atoms with E-state index in [9.17, 15) is 24.0 Å². The van der Waals surface area contributed by atoms with E-state index >= 15 is 0 Å². The number of nitrogens with two attached hydrogens (primary N) is 1. The third kappa shape index (κ3) is 9.91. The molecular formula is C14H25N5O6. The Bertz CT molecular complexity index is 510. The summed E-state index contributed by atoms with van der Waals surface area (Å²) in [6.45, 7) is 2.00. The van der Waals surface area contributed by atoms with Crippen molar-refractivity contribution in [3.05, 3.63) is 0 Å². The van der Waals surface area contributed by atoms with Crippen LogP contribution in [-0.4, -0.2) is 66.9 Å². The van der Waals surface area contributed by atoms with E-state index in [0.29, 0.717) is 6.42 Å². The summed E-state index contributed by atoms with van der Waals surface area (Å²) in [5.41, 5.74) is 5.21. The lowest BCUT2D eigenvalue weighted by Crippen LogP contribution is -2.53. The molecule has 7 N–H and O–H groups in total. The fourth-order valence-electron chi connectivity index (χ4n) is 1.69. The van der Waals surface area contributed by atoms with E-state index in [2.05, 4.69) is 21.3 Å². The van der Waals surface area contributed by atoms with E-state index in [-0.39, 0.29) is 12.5 Å². The fourth-order valence-corrected chi connectivity index (χ4v) is 1.69. The van der Waals surface area contributed by atoms with E-state index in [1.165, 1.54) is 0 Å². The second kappa shape index (κ2) is 11.8. The molecular weight excluding hydrogens is 334 g/mol. The first kappa shape index (κ1) is 22.3. The zero-order valence-electron chi connectivity index (χ0n) is 14.3. The minimum Gasteiger partial charge on any atom is -0.480 e. The number of hydrogen-bond donors (Lipinski definition) is 6. The Hall–Kier alpha value is -2.69. The van der Waals surface area contributed by atoms with Crippen LogP contribution >= 0.6 is 0 Å². The molecule has 0 aromatic carbocycles. The average Bonchev–Trinajstić information content (AvgIpc) is 2.59. The Morgan fingerprint density at radius 1 is 0.920 bits per heavy atom. The van der Waals surface area contributed by atoms with Gasteiger partial charge in [0, 0.05) is 0 Å². The molecule has 0 fully saturated rings. The number of carboxylic acid groups (broad SMARTS) is 1. The Balaban J connectivity index is 4.34. The zero-order chi connectivity index (χ0) is 19.4. The van der Waals surface area contributed by atoms with Gasteiger partial charge in [0.05, 0.1) is 19.6 Å². The number of rotatable bonds is 11. The maximum absolute atomic E-state index is 12.1. The summed E-state index contributed by atoms with van der Waals surface area (Å²) >= 11 is 0. The highest BCUT2D eigenvalue weighted by Gasteiger charge is 2.25. The molecule has 0 aromatic heterocycles. The molecule has 0 spiro atoms. The van der Waals surface area contributed by atoms with Crippen molar-refractivity contribution >= 4 is 29.6 Å². The van der Waals surface area contributed by atoms with Crippen LogP contribution in [0.5, 0.6) is 0 Å². The molecule has 142 valence electrons. The van der Waals surface area contributed by atoms with Crippen molar-refractivity contribution in [2.45, 2.75) is 26.3 Å². The minimum atomic E-state index is -1.21. The molecule has 0 aliphatic carbocycles. The average molecular weight is 359 g/mol. The molecule has 4 amide bonds. The van der Waals surface area contributed by atoms with Crippen molar-refractivity contribution in [3.63, 3.8) is 0 Å². The van der Waals surface area contributed by atoms with E-state index < -0.39 is 55.3 Å². The highest BCUT2D eigenvalue weighted by molar-refractivity contribution is 5.92. The topological polar surface area (TPSA) is 180 Å². The first-order valence-electron chi connectivity index (χ1n) is 7.73. The van der Waals surface area contributed by atoms with Crippen LogP contribution in [0.15, 0.2) is 0 Å². The van der Waals surface area contributed by atoms with Gasteiger partial charge in [0.1, 0.15) is 12.6 Å². The second-order valence-corrected chi connectivity index (χ2v) is 5.30. The molecule has 0 saturated heterocycles. The number of carbonyl (C=O) groups is 5. The maximum atomic E-state index is 12.1. The molecule has 0 unspecified atom stereocenters. The van der Waals surface area contributed by atoms with E-state index in [4.69, 9.17) is 10.8 Å². The zero-order valence-corrected chi connectivity index (χ0v) is 14.3. The van der Waals surface area contributed by atoms with E-state index in [0.717, 1.165) is 0 Å². The minimum absolute atomic E-state index is 0.166. The SMILES string of the molecule is CC[C@H](C)[C@H](NC(=O)CN)C(=O)NCC(=O)NCC(=O)NCC(=O)O. The molecule has 0 rings (SSSR count). The molecule has 0 bridgehead atoms. The molecule has 0 aromatic rings. The largest absolute Gasteiger partial charge is 0.480 e. The monoisotopic (exact) mass is 359 g/mol. The molecule has 0 heterocycles. The van der Waals surface area contributed by atoms with Gasteiger partial charge in [-0.3, -0.25) is 24.0 Å². The standard InChI is InChI=1S/C14H25N5O6/c1-3-8(2)13(19-9(20)4-15)14(25)18-6-11(22)16-5-10(21)17-7-12(23)24/h8,13H,3-7,15H2,1-2H3,(H,16,22)(H,17,21)(H,18,25)(H,19,20)(H,23,24)/t8-,13-/m0/s1. The molecule has 11 heteroatoms. The summed E-state index contributed by atoms with van der Waals surface area (Å²) in [5, 5.41) is 17.6. The quantitative estimate of drug-likeness (QED) is 0.226. The van der Waals surface area contributed by atoms with Crippen LogP contribution in [0, 0.1) is 5.92 Å². The van der Waals surface area contributed by atoms with Gasteiger partial charge in [-0.05, 0) is 5.92 Å². The molecule has 0 aliphatic rings. The van der Waals surface area contributed by atoms with Gasteiger partial charge in [-0.2, -0.15) is 0 Å². The van der Waals surface area contributed by atoms with Crippen molar-refractivity contribution < 1.29 is 29.1 Å². The lowest BCUT2D eigenvalue weighted by atomic mass is 9.98. The molecule has 0 saturated carbocycles. The molecule has 11 nitrogen and oxygen atoms in total. The second-order valence-electron chi connectivity index (χ2n) is 5.30. The summed E-state index contributed by atoms with van der Waals surface area (Å²) < 4.78 is 0. The van der Waals surface area contributed by atoms with Crippen molar-refractivity contribution in [2.75, 3.05) is 26.2 Å². The van der Waals surface area contributed by atoms with Crippen LogP contribution < -0.4 is 27.0 Å². The Labute approximate surface area is 145 Å². The van der Waals surface area contributed by atoms with Crippen molar-refractivity contribution in [3.8, 4) is 0 Å². The van der Waals surface area contributed by atoms with Crippen LogP contribution in [0.25, 0.3) is 0 Å². The van der Waals surface area contributed by atoms with Crippen molar-refractivity contribution in [2.24, 2.45) is 11.7 Å². The Morgan fingerprint density at radius 2 is 1.44 bits per heavy atom. The van der Waals surface area contributed by atoms with E-state index in [1.54, 1.807) is 6.92 Å². The van der Waals surface area contributed by atoms with Crippen LogP contribution in [0.1, 0.15) is 20.3 Å². The van der Waals surface area contributed by atoms with Gasteiger partial charge >= 0.3 is 5.97 Å². The maximum Gasteiger partial charge on any atom is 0.322 e. The first-order valence-corrected chi connectivity index (χ1v) is 7.73. The van der Waals surface area contributed by atoms with Gasteiger partial charge in [-0.25, -0.2) is 0 Å². The number of amides is 4. The predicted molar refractivity (Wildman–Crippen MR) is 87.1 cm³/mol. The van der Waals surface area contributed by atoms with E-state index in [1.807, 2.05) is 6.92 Å². The number of carboxylic acids is 1. The third-order valence-corrected chi connectivity index (χ3v) is 3.30. The van der Waals surface area contributed by atoms with Crippen molar-refractivity contribution in [1.29, 1.82) is 0 Å². The third-order valence-electron chi connectivity index (χ3n) is 3.30. The van der Waals surface area contributed by atoms with Crippen LogP contribution in [0.2, 0.25) is 0 Å². The number of nitrogens with one attached hydrogen (secondary N) is 4. The van der Waals surface area contributed by atoms with Gasteiger partial charge < -0.3 is 32.1 Å². The summed E-state index contributed by atoms with van der Waals surface area (Å²) in [4.78, 5) is 56.6. The fraction of sp³-hybridized carbons (Fsp3) is 0.643. The van der Waals surface area contributed by atoms with Gasteiger partial charge in [0.2, 0.25) is 23.6 Å². The Morgan fingerprint density at radius 3 is 1.92 bits per heavy atom. The number of carbonyl (C=O) groups excluding carboxylic acids is 4. The highest BCUT2D eigenvalue weighted by Crippen LogP contribution is 2.07. The molecule has 0 aliphatic heterocycles. The summed E-state index contributed by atoms with van der Waals surface area (Å²) in [6, 6.07) is -0.826. The smallest absolute Gasteiger partial charge is 0.322 e. The highest BCUT2D eigenvalue weighted by atomic mass is 16.4. The van der Waals surface area contributed by atoms with Crippen molar-refractivity contribution in [1.82, 2.24) is 21.3 Å². The molecule has 25 heavy (non-hydrogen) atoms. The first-order chi connectivity index (χ1) is 11.7. The van der Waals surface area contributed by atoms with Gasteiger partial charge in [0.15, 0.2) is 0 Å². The molecule has 2 atom stereocenters. The normalized spacial score (nSPS) is 12.4. The van der Waals surface area contributed by atoms with Gasteiger partial charge in [0.25, 0.3) is 0 Å². The van der Waals surface area contributed by atoms with Gasteiger partial charge in [-0.15, -0.1) is 0 Å². The molecule has 0 radical (unpaired) electrons. The lowest BCUT2D eigenvalue weighted by molar-refractivity contribution is -0.137. The van der Waals surface area contributed by atoms with Gasteiger partial charge in [-0.1, -0.05) is 20.3 Å². The lowest BCUT2D eigenvalue weighted by Gasteiger charge is -2.23. The Kier molecular flexibility index (Phi) is 10.5. The summed E-state index contributed by atoms with van der Waals surface area (Å²) in [5.74, 6) is -3.70. The van der Waals surface area contributed by atoms with Crippen LogP contribution in [0.3, 0.4) is 0 Å². The van der Waals surface area contributed by atoms with Crippen LogP contribution in [0.4, 0.5) is 0 Å². The summed E-state index contributed by atoms with van der Waals surface area (Å²) in [6.07, 6.45) is 0.624. The van der Waals surface area contributed by atoms with Crippen LogP contribution in [-0.2, 0) is 24.0 Å².